The maximum atomic E-state index is 12.4. The first kappa shape index (κ1) is 17.9. The summed E-state index contributed by atoms with van der Waals surface area (Å²) in [6, 6.07) is 8.25. The molecule has 1 fully saturated rings. The predicted octanol–water partition coefficient (Wildman–Crippen LogP) is 2.93. The van der Waals surface area contributed by atoms with E-state index in [2.05, 4.69) is 36.2 Å². The van der Waals surface area contributed by atoms with Gasteiger partial charge in [0.05, 0.1) is 17.4 Å². The number of piperidine rings is 1. The SMILES string of the molecule is Cc1ccc(-c2csc(SCC(=O)N3CCC[C@H](C(N)=O)C3)n2)cc1. The fourth-order valence-electron chi connectivity index (χ4n) is 2.83. The Morgan fingerprint density at radius 1 is 1.36 bits per heavy atom. The Labute approximate surface area is 155 Å². The highest BCUT2D eigenvalue weighted by atomic mass is 32.2. The van der Waals surface area contributed by atoms with Gasteiger partial charge in [0.15, 0.2) is 4.34 Å². The monoisotopic (exact) mass is 375 g/mol. The van der Waals surface area contributed by atoms with Gasteiger partial charge < -0.3 is 10.6 Å². The van der Waals surface area contributed by atoms with Gasteiger partial charge in [-0.1, -0.05) is 41.6 Å². The zero-order valence-electron chi connectivity index (χ0n) is 14.1. The summed E-state index contributed by atoms with van der Waals surface area (Å²) in [6.07, 6.45) is 1.61. The van der Waals surface area contributed by atoms with Crippen LogP contribution in [-0.2, 0) is 9.59 Å². The average Bonchev–Trinajstić information content (AvgIpc) is 3.09. The first-order valence-electron chi connectivity index (χ1n) is 8.25. The number of nitrogens with zero attached hydrogens (tertiary/aromatic N) is 2. The van der Waals surface area contributed by atoms with Crippen LogP contribution in [0, 0.1) is 12.8 Å². The molecule has 0 saturated carbocycles. The van der Waals surface area contributed by atoms with Gasteiger partial charge in [-0.25, -0.2) is 4.98 Å². The lowest BCUT2D eigenvalue weighted by Gasteiger charge is -2.31. The van der Waals surface area contributed by atoms with E-state index in [1.165, 1.54) is 17.3 Å². The topological polar surface area (TPSA) is 76.3 Å². The fraction of sp³-hybridized carbons (Fsp3) is 0.389. The minimum absolute atomic E-state index is 0.0445. The van der Waals surface area contributed by atoms with Crippen LogP contribution in [0.2, 0.25) is 0 Å². The third-order valence-electron chi connectivity index (χ3n) is 4.33. The highest BCUT2D eigenvalue weighted by Crippen LogP contribution is 2.29. The third-order valence-corrected chi connectivity index (χ3v) is 6.33. The predicted molar refractivity (Wildman–Crippen MR) is 102 cm³/mol. The van der Waals surface area contributed by atoms with Gasteiger partial charge in [-0.2, -0.15) is 0 Å². The van der Waals surface area contributed by atoms with Crippen LogP contribution in [0.5, 0.6) is 0 Å². The summed E-state index contributed by atoms with van der Waals surface area (Å²) in [5.74, 6) is -0.140. The van der Waals surface area contributed by atoms with Crippen LogP contribution in [0.3, 0.4) is 0 Å². The lowest BCUT2D eigenvalue weighted by Crippen LogP contribution is -2.44. The minimum Gasteiger partial charge on any atom is -0.369 e. The summed E-state index contributed by atoms with van der Waals surface area (Å²) in [5, 5.41) is 2.02. The van der Waals surface area contributed by atoms with E-state index < -0.39 is 0 Å². The number of carbonyl (C=O) groups excluding carboxylic acids is 2. The summed E-state index contributed by atoms with van der Waals surface area (Å²) >= 11 is 3.00. The molecule has 0 spiro atoms. The van der Waals surface area contributed by atoms with Crippen LogP contribution in [0.4, 0.5) is 0 Å². The molecule has 0 aliphatic carbocycles. The number of primary amides is 1. The van der Waals surface area contributed by atoms with Crippen LogP contribution >= 0.6 is 23.1 Å². The number of likely N-dealkylation sites (tertiary alicyclic amines) is 1. The van der Waals surface area contributed by atoms with Gasteiger partial charge in [0.25, 0.3) is 0 Å². The van der Waals surface area contributed by atoms with Crippen molar-refractivity contribution >= 4 is 34.9 Å². The molecule has 1 atom stereocenters. The number of thiazole rings is 1. The van der Waals surface area contributed by atoms with E-state index in [9.17, 15) is 9.59 Å². The van der Waals surface area contributed by atoms with Gasteiger partial charge in [-0.15, -0.1) is 11.3 Å². The molecule has 132 valence electrons. The molecule has 0 bridgehead atoms. The van der Waals surface area contributed by atoms with Gasteiger partial charge in [0, 0.05) is 24.0 Å². The number of rotatable bonds is 5. The molecule has 0 radical (unpaired) electrons. The molecule has 25 heavy (non-hydrogen) atoms. The number of hydrogen-bond acceptors (Lipinski definition) is 5. The smallest absolute Gasteiger partial charge is 0.233 e. The second-order valence-electron chi connectivity index (χ2n) is 6.23. The lowest BCUT2D eigenvalue weighted by molar-refractivity contribution is -0.132. The largest absolute Gasteiger partial charge is 0.369 e. The Bertz CT molecular complexity index is 758. The third kappa shape index (κ3) is 4.61. The maximum absolute atomic E-state index is 12.4. The summed E-state index contributed by atoms with van der Waals surface area (Å²) in [7, 11) is 0. The van der Waals surface area contributed by atoms with Gasteiger partial charge in [0.2, 0.25) is 11.8 Å². The quantitative estimate of drug-likeness (QED) is 0.815. The zero-order valence-corrected chi connectivity index (χ0v) is 15.7. The van der Waals surface area contributed by atoms with E-state index in [-0.39, 0.29) is 17.7 Å². The van der Waals surface area contributed by atoms with Crippen molar-refractivity contribution in [2.45, 2.75) is 24.1 Å². The number of amides is 2. The van der Waals surface area contributed by atoms with Crippen molar-refractivity contribution in [2.24, 2.45) is 11.7 Å². The molecule has 2 amide bonds. The first-order valence-corrected chi connectivity index (χ1v) is 10.1. The van der Waals surface area contributed by atoms with Crippen molar-refractivity contribution in [3.63, 3.8) is 0 Å². The number of benzene rings is 1. The molecule has 2 heterocycles. The molecule has 1 aromatic heterocycles. The molecule has 1 aliphatic rings. The average molecular weight is 376 g/mol. The lowest BCUT2D eigenvalue weighted by atomic mass is 9.97. The molecule has 7 heteroatoms. The fourth-order valence-corrected chi connectivity index (χ4v) is 4.57. The van der Waals surface area contributed by atoms with Crippen LogP contribution in [0.1, 0.15) is 18.4 Å². The van der Waals surface area contributed by atoms with Crippen molar-refractivity contribution in [1.82, 2.24) is 9.88 Å². The van der Waals surface area contributed by atoms with Crippen LogP contribution in [0.15, 0.2) is 34.0 Å². The number of aryl methyl sites for hydroxylation is 1. The first-order chi connectivity index (χ1) is 12.0. The Morgan fingerprint density at radius 2 is 2.12 bits per heavy atom. The Balaban J connectivity index is 1.56. The molecular weight excluding hydrogens is 354 g/mol. The van der Waals surface area contributed by atoms with Crippen molar-refractivity contribution in [1.29, 1.82) is 0 Å². The van der Waals surface area contributed by atoms with Crippen molar-refractivity contribution in [2.75, 3.05) is 18.8 Å². The van der Waals surface area contributed by atoms with E-state index >= 15 is 0 Å². The second-order valence-corrected chi connectivity index (χ2v) is 8.32. The molecular formula is C18H21N3O2S2. The van der Waals surface area contributed by atoms with E-state index in [0.717, 1.165) is 28.4 Å². The van der Waals surface area contributed by atoms with Crippen LogP contribution in [-0.4, -0.2) is 40.5 Å². The number of thioether (sulfide) groups is 1. The maximum Gasteiger partial charge on any atom is 0.233 e. The summed E-state index contributed by atoms with van der Waals surface area (Å²) in [4.78, 5) is 30.1. The number of carbonyl (C=O) groups is 2. The molecule has 5 nitrogen and oxygen atoms in total. The van der Waals surface area contributed by atoms with Crippen molar-refractivity contribution < 1.29 is 9.59 Å². The Kier molecular flexibility index (Phi) is 5.75. The van der Waals surface area contributed by atoms with Gasteiger partial charge in [-0.3, -0.25) is 9.59 Å². The molecule has 1 aromatic carbocycles. The Hall–Kier alpha value is -1.86. The highest BCUT2D eigenvalue weighted by Gasteiger charge is 2.26. The molecule has 1 aliphatic heterocycles. The van der Waals surface area contributed by atoms with Crippen molar-refractivity contribution in [3.05, 3.63) is 35.2 Å². The number of nitrogens with two attached hydrogens (primary N) is 1. The van der Waals surface area contributed by atoms with Gasteiger partial charge >= 0.3 is 0 Å². The molecule has 2 N–H and O–H groups in total. The van der Waals surface area contributed by atoms with Crippen LogP contribution in [0.25, 0.3) is 11.3 Å². The van der Waals surface area contributed by atoms with Crippen molar-refractivity contribution in [3.8, 4) is 11.3 Å². The standard InChI is InChI=1S/C18H21N3O2S2/c1-12-4-6-13(7-5-12)15-10-24-18(20-15)25-11-16(22)21-8-2-3-14(9-21)17(19)23/h4-7,10,14H,2-3,8-9,11H2,1H3,(H2,19,23)/t14-/m0/s1. The minimum atomic E-state index is -0.312. The molecule has 2 aromatic rings. The van der Waals surface area contributed by atoms with Gasteiger partial charge in [-0.05, 0) is 19.8 Å². The number of hydrogen-bond donors (Lipinski definition) is 1. The van der Waals surface area contributed by atoms with E-state index in [1.54, 1.807) is 16.2 Å². The molecule has 3 rings (SSSR count). The molecule has 1 saturated heterocycles. The van der Waals surface area contributed by atoms with E-state index in [0.29, 0.717) is 18.8 Å². The van der Waals surface area contributed by atoms with Gasteiger partial charge in [0.1, 0.15) is 0 Å². The second kappa shape index (κ2) is 8.01. The Morgan fingerprint density at radius 3 is 2.84 bits per heavy atom. The highest BCUT2D eigenvalue weighted by molar-refractivity contribution is 8.01. The molecule has 0 unspecified atom stereocenters. The van der Waals surface area contributed by atoms with E-state index in [1.807, 2.05) is 5.38 Å². The normalized spacial score (nSPS) is 17.5. The zero-order chi connectivity index (χ0) is 17.8. The number of aromatic nitrogens is 1. The summed E-state index contributed by atoms with van der Waals surface area (Å²) < 4.78 is 0.882. The van der Waals surface area contributed by atoms with Crippen LogP contribution < -0.4 is 5.73 Å². The summed E-state index contributed by atoms with van der Waals surface area (Å²) in [5.41, 5.74) is 8.61. The van der Waals surface area contributed by atoms with E-state index in [4.69, 9.17) is 5.73 Å². The summed E-state index contributed by atoms with van der Waals surface area (Å²) in [6.45, 7) is 3.21.